The van der Waals surface area contributed by atoms with Crippen molar-refractivity contribution in [2.75, 3.05) is 0 Å². The molecule has 0 atom stereocenters. The Morgan fingerprint density at radius 2 is 2.00 bits per heavy atom. The minimum atomic E-state index is -1.73. The first kappa shape index (κ1) is 8.89. The molecule has 0 amide bonds. The molecule has 0 heterocycles. The number of benzene rings is 1. The zero-order valence-electron chi connectivity index (χ0n) is 5.46. The molecule has 1 rings (SSSR count). The SMILES string of the molecule is OC(O)c1ccc(I)cc1F. The van der Waals surface area contributed by atoms with E-state index in [1.807, 2.05) is 22.6 Å². The maximum Gasteiger partial charge on any atom is 0.181 e. The van der Waals surface area contributed by atoms with Gasteiger partial charge in [-0.05, 0) is 40.8 Å². The average Bonchev–Trinajstić information content (AvgIpc) is 1.85. The van der Waals surface area contributed by atoms with Crippen molar-refractivity contribution >= 4 is 22.6 Å². The van der Waals surface area contributed by atoms with E-state index in [0.29, 0.717) is 0 Å². The molecule has 0 saturated heterocycles. The van der Waals surface area contributed by atoms with Crippen molar-refractivity contribution in [3.05, 3.63) is 33.1 Å². The van der Waals surface area contributed by atoms with E-state index in [-0.39, 0.29) is 5.56 Å². The Balaban J connectivity index is 3.09. The van der Waals surface area contributed by atoms with Gasteiger partial charge in [-0.3, -0.25) is 0 Å². The van der Waals surface area contributed by atoms with E-state index in [0.717, 1.165) is 3.57 Å². The Morgan fingerprint density at radius 1 is 1.36 bits per heavy atom. The Kier molecular flexibility index (Phi) is 2.80. The standard InChI is InChI=1S/C7H6FIO2/c8-6-3-4(9)1-2-5(6)7(10)11/h1-3,7,10-11H. The lowest BCUT2D eigenvalue weighted by Gasteiger charge is -2.04. The van der Waals surface area contributed by atoms with E-state index in [9.17, 15) is 4.39 Å². The van der Waals surface area contributed by atoms with Crippen molar-refractivity contribution in [3.63, 3.8) is 0 Å². The highest BCUT2D eigenvalue weighted by Gasteiger charge is 2.08. The van der Waals surface area contributed by atoms with E-state index in [4.69, 9.17) is 10.2 Å². The van der Waals surface area contributed by atoms with Crippen LogP contribution in [0.1, 0.15) is 11.9 Å². The van der Waals surface area contributed by atoms with Crippen LogP contribution < -0.4 is 0 Å². The third kappa shape index (κ3) is 2.11. The largest absolute Gasteiger partial charge is 0.364 e. The van der Waals surface area contributed by atoms with Gasteiger partial charge in [-0.25, -0.2) is 4.39 Å². The normalized spacial score (nSPS) is 10.6. The summed E-state index contributed by atoms with van der Waals surface area (Å²) in [5.41, 5.74) is -0.0922. The van der Waals surface area contributed by atoms with Crippen LogP contribution in [-0.4, -0.2) is 10.2 Å². The van der Waals surface area contributed by atoms with Crippen LogP contribution in [0.15, 0.2) is 18.2 Å². The third-order valence-corrected chi connectivity index (χ3v) is 1.91. The number of rotatable bonds is 1. The topological polar surface area (TPSA) is 40.5 Å². The molecular weight excluding hydrogens is 262 g/mol. The molecule has 0 aliphatic rings. The van der Waals surface area contributed by atoms with Crippen LogP contribution in [0, 0.1) is 9.39 Å². The number of halogens is 2. The van der Waals surface area contributed by atoms with Crippen molar-refractivity contribution in [2.45, 2.75) is 6.29 Å². The molecule has 2 nitrogen and oxygen atoms in total. The van der Waals surface area contributed by atoms with Gasteiger partial charge in [0.25, 0.3) is 0 Å². The highest BCUT2D eigenvalue weighted by molar-refractivity contribution is 14.1. The number of aliphatic hydroxyl groups excluding tert-OH is 1. The summed E-state index contributed by atoms with van der Waals surface area (Å²) in [4.78, 5) is 0. The molecule has 0 unspecified atom stereocenters. The summed E-state index contributed by atoms with van der Waals surface area (Å²) in [6, 6.07) is 4.20. The molecular formula is C7H6FIO2. The van der Waals surface area contributed by atoms with E-state index < -0.39 is 12.1 Å². The highest BCUT2D eigenvalue weighted by atomic mass is 127. The predicted molar refractivity (Wildman–Crippen MR) is 46.3 cm³/mol. The minimum Gasteiger partial charge on any atom is -0.364 e. The molecule has 0 fully saturated rings. The van der Waals surface area contributed by atoms with Crippen LogP contribution in [0.5, 0.6) is 0 Å². The van der Waals surface area contributed by atoms with E-state index in [1.165, 1.54) is 12.1 Å². The van der Waals surface area contributed by atoms with Gasteiger partial charge in [0.2, 0.25) is 0 Å². The lowest BCUT2D eigenvalue weighted by molar-refractivity contribution is -0.0449. The monoisotopic (exact) mass is 268 g/mol. The van der Waals surface area contributed by atoms with Crippen LogP contribution in [0.3, 0.4) is 0 Å². The Bertz CT molecular complexity index is 263. The zero-order valence-corrected chi connectivity index (χ0v) is 7.62. The maximum atomic E-state index is 12.8. The smallest absolute Gasteiger partial charge is 0.181 e. The molecule has 0 aliphatic carbocycles. The van der Waals surface area contributed by atoms with E-state index in [2.05, 4.69) is 0 Å². The average molecular weight is 268 g/mol. The van der Waals surface area contributed by atoms with E-state index >= 15 is 0 Å². The molecule has 0 spiro atoms. The second-order valence-electron chi connectivity index (χ2n) is 2.04. The van der Waals surface area contributed by atoms with Gasteiger partial charge < -0.3 is 10.2 Å². The van der Waals surface area contributed by atoms with E-state index in [1.54, 1.807) is 6.07 Å². The van der Waals surface area contributed by atoms with Gasteiger partial charge in [0.05, 0.1) is 0 Å². The summed E-state index contributed by atoms with van der Waals surface area (Å²) in [5.74, 6) is -0.591. The molecule has 0 aliphatic heterocycles. The summed E-state index contributed by atoms with van der Waals surface area (Å²) in [7, 11) is 0. The van der Waals surface area contributed by atoms with Crippen molar-refractivity contribution in [3.8, 4) is 0 Å². The number of hydrogen-bond donors (Lipinski definition) is 2. The number of aliphatic hydroxyl groups is 2. The first-order valence-electron chi connectivity index (χ1n) is 2.92. The Morgan fingerprint density at radius 3 is 2.45 bits per heavy atom. The molecule has 0 aromatic heterocycles. The fourth-order valence-electron chi connectivity index (χ4n) is 0.711. The van der Waals surface area contributed by atoms with Crippen molar-refractivity contribution in [1.29, 1.82) is 0 Å². The first-order chi connectivity index (χ1) is 5.11. The molecule has 0 saturated carbocycles. The fraction of sp³-hybridized carbons (Fsp3) is 0.143. The van der Waals surface area contributed by atoms with Gasteiger partial charge in [-0.2, -0.15) is 0 Å². The molecule has 11 heavy (non-hydrogen) atoms. The lowest BCUT2D eigenvalue weighted by atomic mass is 10.2. The molecule has 0 radical (unpaired) electrons. The second-order valence-corrected chi connectivity index (χ2v) is 3.29. The third-order valence-electron chi connectivity index (χ3n) is 1.24. The predicted octanol–water partition coefficient (Wildman–Crippen LogP) is 1.41. The van der Waals surface area contributed by atoms with Crippen LogP contribution in [0.4, 0.5) is 4.39 Å². The minimum absolute atomic E-state index is 0.0922. The van der Waals surface area contributed by atoms with Gasteiger partial charge in [0.1, 0.15) is 5.82 Å². The number of hydrogen-bond acceptors (Lipinski definition) is 2. The Labute approximate surface area is 76.8 Å². The maximum absolute atomic E-state index is 12.8. The summed E-state index contributed by atoms with van der Waals surface area (Å²) in [5, 5.41) is 17.2. The molecule has 60 valence electrons. The van der Waals surface area contributed by atoms with Gasteiger partial charge in [-0.1, -0.05) is 0 Å². The van der Waals surface area contributed by atoms with Gasteiger partial charge >= 0.3 is 0 Å². The van der Waals surface area contributed by atoms with Crippen LogP contribution in [0.25, 0.3) is 0 Å². The lowest BCUT2D eigenvalue weighted by Crippen LogP contribution is -1.98. The molecule has 1 aromatic rings. The van der Waals surface area contributed by atoms with Crippen LogP contribution in [-0.2, 0) is 0 Å². The molecule has 2 N–H and O–H groups in total. The second kappa shape index (κ2) is 3.46. The molecule has 1 aromatic carbocycles. The summed E-state index contributed by atoms with van der Waals surface area (Å²) >= 11 is 1.94. The molecule has 4 heteroatoms. The van der Waals surface area contributed by atoms with Crippen molar-refractivity contribution in [1.82, 2.24) is 0 Å². The van der Waals surface area contributed by atoms with Gasteiger partial charge in [-0.15, -0.1) is 0 Å². The van der Waals surface area contributed by atoms with Crippen LogP contribution in [0.2, 0.25) is 0 Å². The quantitative estimate of drug-likeness (QED) is 0.597. The van der Waals surface area contributed by atoms with Crippen molar-refractivity contribution in [2.24, 2.45) is 0 Å². The van der Waals surface area contributed by atoms with Crippen LogP contribution >= 0.6 is 22.6 Å². The first-order valence-corrected chi connectivity index (χ1v) is 4.00. The van der Waals surface area contributed by atoms with Gasteiger partial charge in [0.15, 0.2) is 6.29 Å². The summed E-state index contributed by atoms with van der Waals surface area (Å²) in [6.07, 6.45) is -1.73. The fourth-order valence-corrected chi connectivity index (χ4v) is 1.16. The van der Waals surface area contributed by atoms with Gasteiger partial charge in [0, 0.05) is 9.13 Å². The summed E-state index contributed by atoms with van der Waals surface area (Å²) in [6.45, 7) is 0. The Hall–Kier alpha value is -0.200. The highest BCUT2D eigenvalue weighted by Crippen LogP contribution is 2.16. The van der Waals surface area contributed by atoms with Crippen molar-refractivity contribution < 1.29 is 14.6 Å². The molecule has 0 bridgehead atoms. The summed E-state index contributed by atoms with van der Waals surface area (Å²) < 4.78 is 13.5. The zero-order chi connectivity index (χ0) is 8.43.